The van der Waals surface area contributed by atoms with Crippen LogP contribution in [-0.4, -0.2) is 3.92 Å². The summed E-state index contributed by atoms with van der Waals surface area (Å²) < 4.78 is 0.731. The highest BCUT2D eigenvalue weighted by molar-refractivity contribution is 14.1. The Kier molecular flexibility index (Phi) is 3.16. The van der Waals surface area contributed by atoms with Crippen LogP contribution in [0.15, 0.2) is 23.8 Å². The molecule has 0 aliphatic heterocycles. The lowest BCUT2D eigenvalue weighted by atomic mass is 9.81. The first-order chi connectivity index (χ1) is 5.09. The first kappa shape index (κ1) is 9.30. The van der Waals surface area contributed by atoms with Crippen LogP contribution in [0.3, 0.4) is 0 Å². The van der Waals surface area contributed by atoms with E-state index < -0.39 is 0 Å². The van der Waals surface area contributed by atoms with Gasteiger partial charge < -0.3 is 0 Å². The standard InChI is InChI=1S/C10H15I/c1-7(2)4-9-5-10(6-9)8(3)11/h5,8-9H,1,4,6H2,2-3H3/t8?,9-/m0/s1. The smallest absolute Gasteiger partial charge is 0.0290 e. The summed E-state index contributed by atoms with van der Waals surface area (Å²) in [5.41, 5.74) is 2.93. The van der Waals surface area contributed by atoms with E-state index in [0.717, 1.165) is 9.84 Å². The summed E-state index contributed by atoms with van der Waals surface area (Å²) >= 11 is 2.47. The Bertz CT molecular complexity index is 189. The average molecular weight is 262 g/mol. The molecule has 0 amide bonds. The van der Waals surface area contributed by atoms with Gasteiger partial charge in [-0.1, -0.05) is 39.8 Å². The summed E-state index contributed by atoms with van der Waals surface area (Å²) in [5, 5.41) is 0. The maximum absolute atomic E-state index is 3.92. The fourth-order valence-corrected chi connectivity index (χ4v) is 1.91. The highest BCUT2D eigenvalue weighted by Crippen LogP contribution is 2.35. The lowest BCUT2D eigenvalue weighted by Gasteiger charge is -2.27. The Hall–Kier alpha value is 0.210. The number of alkyl halides is 1. The van der Waals surface area contributed by atoms with Crippen LogP contribution in [-0.2, 0) is 0 Å². The molecule has 1 heteroatoms. The fraction of sp³-hybridized carbons (Fsp3) is 0.600. The third-order valence-corrected chi connectivity index (χ3v) is 2.87. The Balaban J connectivity index is 2.33. The van der Waals surface area contributed by atoms with Gasteiger partial charge in [0.15, 0.2) is 0 Å². The highest BCUT2D eigenvalue weighted by atomic mass is 127. The summed E-state index contributed by atoms with van der Waals surface area (Å²) in [4.78, 5) is 0. The van der Waals surface area contributed by atoms with E-state index in [1.165, 1.54) is 18.4 Å². The molecule has 62 valence electrons. The Morgan fingerprint density at radius 1 is 1.91 bits per heavy atom. The lowest BCUT2D eigenvalue weighted by Crippen LogP contribution is -2.15. The van der Waals surface area contributed by atoms with Gasteiger partial charge in [0.25, 0.3) is 0 Å². The van der Waals surface area contributed by atoms with Gasteiger partial charge in [0, 0.05) is 3.92 Å². The molecule has 0 bridgehead atoms. The molecular formula is C10H15I. The van der Waals surface area contributed by atoms with E-state index in [4.69, 9.17) is 0 Å². The van der Waals surface area contributed by atoms with Crippen LogP contribution in [0, 0.1) is 5.92 Å². The normalized spacial score (nSPS) is 25.4. The van der Waals surface area contributed by atoms with E-state index in [1.54, 1.807) is 5.57 Å². The van der Waals surface area contributed by atoms with Crippen LogP contribution >= 0.6 is 22.6 Å². The van der Waals surface area contributed by atoms with Crippen molar-refractivity contribution < 1.29 is 0 Å². The molecule has 11 heavy (non-hydrogen) atoms. The summed E-state index contributed by atoms with van der Waals surface area (Å²) in [6.45, 7) is 8.28. The Morgan fingerprint density at radius 3 is 2.82 bits per heavy atom. The van der Waals surface area contributed by atoms with E-state index in [9.17, 15) is 0 Å². The molecule has 0 saturated carbocycles. The van der Waals surface area contributed by atoms with Crippen LogP contribution in [0.1, 0.15) is 26.7 Å². The average Bonchev–Trinajstić information content (AvgIpc) is 1.75. The maximum Gasteiger partial charge on any atom is 0.0290 e. The largest absolute Gasteiger partial charge is 0.100 e. The van der Waals surface area contributed by atoms with Crippen LogP contribution in [0.5, 0.6) is 0 Å². The van der Waals surface area contributed by atoms with Gasteiger partial charge in [-0.2, -0.15) is 0 Å². The van der Waals surface area contributed by atoms with Crippen molar-refractivity contribution in [3.8, 4) is 0 Å². The van der Waals surface area contributed by atoms with Crippen LogP contribution in [0.25, 0.3) is 0 Å². The predicted octanol–water partition coefficient (Wildman–Crippen LogP) is 3.72. The molecule has 1 unspecified atom stereocenters. The number of allylic oxidation sites excluding steroid dienone is 3. The van der Waals surface area contributed by atoms with Gasteiger partial charge in [0.1, 0.15) is 0 Å². The highest BCUT2D eigenvalue weighted by Gasteiger charge is 2.21. The second kappa shape index (κ2) is 3.74. The molecular weight excluding hydrogens is 247 g/mol. The maximum atomic E-state index is 3.92. The summed E-state index contributed by atoms with van der Waals surface area (Å²) in [7, 11) is 0. The molecule has 0 fully saturated rings. The van der Waals surface area contributed by atoms with Crippen molar-refractivity contribution in [2.45, 2.75) is 30.6 Å². The number of hydrogen-bond donors (Lipinski definition) is 0. The van der Waals surface area contributed by atoms with Crippen LogP contribution < -0.4 is 0 Å². The number of rotatable bonds is 3. The molecule has 0 heterocycles. The molecule has 0 radical (unpaired) electrons. The van der Waals surface area contributed by atoms with Crippen molar-refractivity contribution in [1.82, 2.24) is 0 Å². The van der Waals surface area contributed by atoms with Crippen LogP contribution in [0.2, 0.25) is 0 Å². The van der Waals surface area contributed by atoms with E-state index in [0.29, 0.717) is 0 Å². The summed E-state index contributed by atoms with van der Waals surface area (Å²) in [6, 6.07) is 0. The Labute approximate surface area is 82.9 Å². The molecule has 0 aromatic heterocycles. The minimum atomic E-state index is 0.731. The molecule has 0 N–H and O–H groups in total. The zero-order valence-electron chi connectivity index (χ0n) is 7.23. The second-order valence-corrected chi connectivity index (χ2v) is 5.35. The fourth-order valence-electron chi connectivity index (χ4n) is 1.45. The topological polar surface area (TPSA) is 0 Å². The van der Waals surface area contributed by atoms with E-state index in [-0.39, 0.29) is 0 Å². The number of hydrogen-bond acceptors (Lipinski definition) is 0. The van der Waals surface area contributed by atoms with Gasteiger partial charge in [-0.05, 0) is 32.6 Å². The lowest BCUT2D eigenvalue weighted by molar-refractivity contribution is 0.564. The molecule has 1 rings (SSSR count). The molecule has 2 atom stereocenters. The van der Waals surface area contributed by atoms with E-state index >= 15 is 0 Å². The van der Waals surface area contributed by atoms with Crippen molar-refractivity contribution in [1.29, 1.82) is 0 Å². The molecule has 0 nitrogen and oxygen atoms in total. The van der Waals surface area contributed by atoms with Crippen molar-refractivity contribution in [3.63, 3.8) is 0 Å². The van der Waals surface area contributed by atoms with Gasteiger partial charge >= 0.3 is 0 Å². The minimum absolute atomic E-state index is 0.731. The Morgan fingerprint density at radius 2 is 2.45 bits per heavy atom. The van der Waals surface area contributed by atoms with Gasteiger partial charge in [-0.25, -0.2) is 0 Å². The van der Waals surface area contributed by atoms with Gasteiger partial charge in [-0.3, -0.25) is 0 Å². The third-order valence-electron chi connectivity index (χ3n) is 2.07. The first-order valence-corrected chi connectivity index (χ1v) is 5.33. The first-order valence-electron chi connectivity index (χ1n) is 4.08. The molecule has 0 saturated heterocycles. The van der Waals surface area contributed by atoms with Crippen LogP contribution in [0.4, 0.5) is 0 Å². The summed E-state index contributed by atoms with van der Waals surface area (Å²) in [5.74, 6) is 0.805. The summed E-state index contributed by atoms with van der Waals surface area (Å²) in [6.07, 6.45) is 4.90. The molecule has 1 aliphatic rings. The molecule has 1 aliphatic carbocycles. The quantitative estimate of drug-likeness (QED) is 0.413. The SMILES string of the molecule is C=C(C)C[C@H]1C=C(C(C)I)C1. The van der Waals surface area contributed by atoms with Crippen molar-refractivity contribution >= 4 is 22.6 Å². The van der Waals surface area contributed by atoms with E-state index in [2.05, 4.69) is 49.1 Å². The van der Waals surface area contributed by atoms with Gasteiger partial charge in [0.05, 0.1) is 0 Å². The van der Waals surface area contributed by atoms with E-state index in [1.807, 2.05) is 0 Å². The van der Waals surface area contributed by atoms with Crippen molar-refractivity contribution in [2.75, 3.05) is 0 Å². The molecule has 0 aromatic rings. The minimum Gasteiger partial charge on any atom is -0.100 e. The number of halogens is 1. The second-order valence-electron chi connectivity index (χ2n) is 3.48. The predicted molar refractivity (Wildman–Crippen MR) is 59.1 cm³/mol. The molecule has 0 aromatic carbocycles. The van der Waals surface area contributed by atoms with Gasteiger partial charge in [0.2, 0.25) is 0 Å². The zero-order valence-corrected chi connectivity index (χ0v) is 9.39. The zero-order chi connectivity index (χ0) is 8.43. The van der Waals surface area contributed by atoms with Crippen molar-refractivity contribution in [3.05, 3.63) is 23.8 Å². The monoisotopic (exact) mass is 262 g/mol. The third kappa shape index (κ3) is 2.62. The van der Waals surface area contributed by atoms with Crippen molar-refractivity contribution in [2.24, 2.45) is 5.92 Å². The molecule has 0 spiro atoms. The van der Waals surface area contributed by atoms with Gasteiger partial charge in [-0.15, -0.1) is 6.58 Å².